The molecule has 1 aromatic carbocycles. The molecule has 1 aliphatic carbocycles. The fourth-order valence-corrected chi connectivity index (χ4v) is 3.47. The van der Waals surface area contributed by atoms with Crippen molar-refractivity contribution in [2.24, 2.45) is 0 Å². The predicted octanol–water partition coefficient (Wildman–Crippen LogP) is 2.15. The summed E-state index contributed by atoms with van der Waals surface area (Å²) >= 11 is 0. The SMILES string of the molecule is C#CCOc1ccc(OCC(O)CNC(C)C)cc1.O=S(=O)(O)NC1CCCCC1. The number of terminal acetylenes is 1. The molecular formula is C21H34N2O6S. The molecule has 0 radical (unpaired) electrons. The molecule has 1 fully saturated rings. The Morgan fingerprint density at radius 1 is 1.13 bits per heavy atom. The summed E-state index contributed by atoms with van der Waals surface area (Å²) < 4.78 is 42.0. The van der Waals surface area contributed by atoms with Gasteiger partial charge in [0.15, 0.2) is 0 Å². The molecular weight excluding hydrogens is 408 g/mol. The van der Waals surface area contributed by atoms with E-state index in [1.165, 1.54) is 6.42 Å². The van der Waals surface area contributed by atoms with E-state index in [2.05, 4.69) is 16.0 Å². The number of aliphatic hydroxyl groups excluding tert-OH is 1. The van der Waals surface area contributed by atoms with E-state index >= 15 is 0 Å². The van der Waals surface area contributed by atoms with Crippen molar-refractivity contribution in [3.8, 4) is 23.8 Å². The summed E-state index contributed by atoms with van der Waals surface area (Å²) in [5, 5.41) is 12.8. The van der Waals surface area contributed by atoms with E-state index < -0.39 is 16.4 Å². The first kappa shape index (κ1) is 26.2. The number of benzene rings is 1. The van der Waals surface area contributed by atoms with Crippen LogP contribution in [0.5, 0.6) is 11.5 Å². The number of hydrogen-bond donors (Lipinski definition) is 4. The molecule has 0 heterocycles. The number of nitrogens with one attached hydrogen (secondary N) is 2. The molecule has 4 N–H and O–H groups in total. The van der Waals surface area contributed by atoms with E-state index in [9.17, 15) is 13.5 Å². The van der Waals surface area contributed by atoms with Crippen LogP contribution >= 0.6 is 0 Å². The van der Waals surface area contributed by atoms with Gasteiger partial charge in [-0.25, -0.2) is 0 Å². The van der Waals surface area contributed by atoms with E-state index in [4.69, 9.17) is 20.4 Å². The standard InChI is InChI=1S/C15H21NO3.C6H13NO3S/c1-4-9-18-14-5-7-15(8-6-14)19-11-13(17)10-16-12(2)3;8-11(9,10)7-6-4-2-1-3-5-6/h1,5-8,12-13,16-17H,9-11H2,2-3H3;6-7H,1-5H2,(H,8,9,10). The molecule has 1 saturated carbocycles. The Bertz CT molecular complexity index is 725. The first-order valence-electron chi connectivity index (χ1n) is 10.1. The van der Waals surface area contributed by atoms with Gasteiger partial charge in [0.2, 0.25) is 0 Å². The van der Waals surface area contributed by atoms with Gasteiger partial charge in [-0.05, 0) is 37.1 Å². The van der Waals surface area contributed by atoms with Crippen molar-refractivity contribution in [3.63, 3.8) is 0 Å². The molecule has 0 aliphatic heterocycles. The van der Waals surface area contributed by atoms with Gasteiger partial charge in [0.25, 0.3) is 0 Å². The van der Waals surface area contributed by atoms with Crippen LogP contribution in [0.4, 0.5) is 0 Å². The molecule has 0 bridgehead atoms. The second-order valence-electron chi connectivity index (χ2n) is 7.42. The van der Waals surface area contributed by atoms with Gasteiger partial charge >= 0.3 is 10.3 Å². The largest absolute Gasteiger partial charge is 0.491 e. The highest BCUT2D eigenvalue weighted by Crippen LogP contribution is 2.18. The minimum Gasteiger partial charge on any atom is -0.491 e. The van der Waals surface area contributed by atoms with Gasteiger partial charge in [0.05, 0.1) is 0 Å². The number of hydrogen-bond acceptors (Lipinski definition) is 6. The van der Waals surface area contributed by atoms with Crippen LogP contribution in [0.1, 0.15) is 46.0 Å². The average Bonchev–Trinajstić information content (AvgIpc) is 2.70. The molecule has 1 atom stereocenters. The van der Waals surface area contributed by atoms with Crippen molar-refractivity contribution >= 4 is 10.3 Å². The number of ether oxygens (including phenoxy) is 2. The van der Waals surface area contributed by atoms with Gasteiger partial charge in [-0.15, -0.1) is 6.42 Å². The molecule has 2 rings (SSSR count). The third kappa shape index (κ3) is 13.4. The van der Waals surface area contributed by atoms with Crippen molar-refractivity contribution in [1.29, 1.82) is 0 Å². The normalized spacial score (nSPS) is 15.6. The third-order valence-electron chi connectivity index (χ3n) is 4.27. The van der Waals surface area contributed by atoms with Gasteiger partial charge < -0.3 is 19.9 Å². The highest BCUT2D eigenvalue weighted by Gasteiger charge is 2.17. The van der Waals surface area contributed by atoms with Crippen LogP contribution in [0.25, 0.3) is 0 Å². The molecule has 8 nitrogen and oxygen atoms in total. The fraction of sp³-hybridized carbons (Fsp3) is 0.619. The summed E-state index contributed by atoms with van der Waals surface area (Å²) in [5.41, 5.74) is 0. The van der Waals surface area contributed by atoms with E-state index in [0.29, 0.717) is 24.1 Å². The molecule has 0 aromatic heterocycles. The quantitative estimate of drug-likeness (QED) is 0.324. The third-order valence-corrected chi connectivity index (χ3v) is 4.90. The minimum atomic E-state index is -3.97. The predicted molar refractivity (Wildman–Crippen MR) is 117 cm³/mol. The highest BCUT2D eigenvalue weighted by molar-refractivity contribution is 7.83. The fourth-order valence-electron chi connectivity index (χ4n) is 2.81. The zero-order valence-electron chi connectivity index (χ0n) is 17.7. The summed E-state index contributed by atoms with van der Waals surface area (Å²) in [4.78, 5) is 0. The van der Waals surface area contributed by atoms with E-state index in [0.717, 1.165) is 25.7 Å². The van der Waals surface area contributed by atoms with Crippen LogP contribution in [0.3, 0.4) is 0 Å². The molecule has 1 aliphatic rings. The topological polar surface area (TPSA) is 117 Å². The Balaban J connectivity index is 0.000000346. The van der Waals surface area contributed by atoms with Crippen LogP contribution in [0.15, 0.2) is 24.3 Å². The smallest absolute Gasteiger partial charge is 0.333 e. The van der Waals surface area contributed by atoms with Gasteiger partial charge in [0.1, 0.15) is 30.8 Å². The van der Waals surface area contributed by atoms with Gasteiger partial charge in [-0.1, -0.05) is 39.0 Å². The highest BCUT2D eigenvalue weighted by atomic mass is 32.2. The second-order valence-corrected chi connectivity index (χ2v) is 8.61. The molecule has 0 spiro atoms. The van der Waals surface area contributed by atoms with Gasteiger partial charge in [0, 0.05) is 18.6 Å². The maximum atomic E-state index is 10.3. The lowest BCUT2D eigenvalue weighted by Gasteiger charge is -2.20. The van der Waals surface area contributed by atoms with Crippen molar-refractivity contribution < 1.29 is 27.6 Å². The first-order chi connectivity index (χ1) is 14.2. The Morgan fingerprint density at radius 2 is 1.70 bits per heavy atom. The van der Waals surface area contributed by atoms with Gasteiger partial charge in [-0.2, -0.15) is 13.1 Å². The number of aliphatic hydroxyl groups is 1. The van der Waals surface area contributed by atoms with Crippen LogP contribution < -0.4 is 19.5 Å². The second kappa shape index (κ2) is 14.2. The lowest BCUT2D eigenvalue weighted by molar-refractivity contribution is 0.104. The monoisotopic (exact) mass is 442 g/mol. The van der Waals surface area contributed by atoms with Crippen molar-refractivity contribution in [3.05, 3.63) is 24.3 Å². The molecule has 0 saturated heterocycles. The molecule has 1 unspecified atom stereocenters. The molecule has 170 valence electrons. The maximum absolute atomic E-state index is 10.3. The van der Waals surface area contributed by atoms with Crippen LogP contribution in [0, 0.1) is 12.3 Å². The van der Waals surface area contributed by atoms with Crippen molar-refractivity contribution in [2.45, 2.75) is 64.1 Å². The molecule has 30 heavy (non-hydrogen) atoms. The Labute approximate surface area is 180 Å². The molecule has 9 heteroatoms. The average molecular weight is 443 g/mol. The van der Waals surface area contributed by atoms with E-state index in [-0.39, 0.29) is 19.3 Å². The maximum Gasteiger partial charge on any atom is 0.333 e. The molecule has 0 amide bonds. The summed E-state index contributed by atoms with van der Waals surface area (Å²) in [7, 11) is -3.97. The first-order valence-corrected chi connectivity index (χ1v) is 11.6. The zero-order valence-corrected chi connectivity index (χ0v) is 18.5. The summed E-state index contributed by atoms with van der Waals surface area (Å²) in [6, 6.07) is 7.45. The van der Waals surface area contributed by atoms with Crippen LogP contribution in [-0.2, 0) is 10.3 Å². The summed E-state index contributed by atoms with van der Waals surface area (Å²) in [5.74, 6) is 3.79. The lowest BCUT2D eigenvalue weighted by Crippen LogP contribution is -2.35. The van der Waals surface area contributed by atoms with Crippen molar-refractivity contribution in [2.75, 3.05) is 19.8 Å². The Morgan fingerprint density at radius 3 is 2.20 bits per heavy atom. The van der Waals surface area contributed by atoms with Crippen LogP contribution in [0.2, 0.25) is 0 Å². The van der Waals surface area contributed by atoms with Gasteiger partial charge in [-0.3, -0.25) is 4.55 Å². The number of rotatable bonds is 10. The lowest BCUT2D eigenvalue weighted by atomic mass is 9.96. The Kier molecular flexibility index (Phi) is 12.4. The zero-order chi connectivity index (χ0) is 22.4. The minimum absolute atomic E-state index is 0.0428. The van der Waals surface area contributed by atoms with E-state index in [1.807, 2.05) is 13.8 Å². The Hall–Kier alpha value is -1.83. The van der Waals surface area contributed by atoms with Crippen molar-refractivity contribution in [1.82, 2.24) is 10.0 Å². The summed E-state index contributed by atoms with van der Waals surface area (Å²) in [6.07, 6.45) is 9.54. The van der Waals surface area contributed by atoms with E-state index in [1.54, 1.807) is 24.3 Å². The summed E-state index contributed by atoms with van der Waals surface area (Å²) in [6.45, 7) is 5.08. The molecule has 1 aromatic rings. The van der Waals surface area contributed by atoms with Crippen LogP contribution in [-0.4, -0.2) is 56.0 Å².